The molecule has 1 unspecified atom stereocenters. The minimum atomic E-state index is -4.22. The molecule has 1 saturated heterocycles. The Hall–Kier alpha value is -2.52. The molecule has 1 heterocycles. The lowest BCUT2D eigenvalue weighted by Gasteiger charge is -2.17. The van der Waals surface area contributed by atoms with E-state index in [1.54, 1.807) is 29.2 Å². The number of sulfonamides is 1. The van der Waals surface area contributed by atoms with Crippen molar-refractivity contribution in [2.45, 2.75) is 18.2 Å². The number of benzene rings is 2. The third kappa shape index (κ3) is 4.48. The summed E-state index contributed by atoms with van der Waals surface area (Å²) >= 11 is 0. The predicted octanol–water partition coefficient (Wildman–Crippen LogP) is 2.69. The van der Waals surface area contributed by atoms with Gasteiger partial charge in [0.2, 0.25) is 15.9 Å². The number of halogens is 2. The van der Waals surface area contributed by atoms with E-state index in [0.717, 1.165) is 12.1 Å². The quantitative estimate of drug-likeness (QED) is 0.762. The summed E-state index contributed by atoms with van der Waals surface area (Å²) in [7, 11) is -4.22. The number of carbonyl (C=O) groups is 1. The first kappa shape index (κ1) is 20.2. The molecular weight excluding hydrogens is 390 g/mol. The van der Waals surface area contributed by atoms with Crippen molar-refractivity contribution in [1.29, 1.82) is 0 Å². The largest absolute Gasteiger partial charge is 0.494 e. The highest BCUT2D eigenvalue weighted by Crippen LogP contribution is 2.27. The van der Waals surface area contributed by atoms with Crippen LogP contribution in [-0.2, 0) is 14.8 Å². The van der Waals surface area contributed by atoms with Gasteiger partial charge in [-0.2, -0.15) is 0 Å². The second-order valence-electron chi connectivity index (χ2n) is 6.43. The van der Waals surface area contributed by atoms with Gasteiger partial charge in [-0.15, -0.1) is 0 Å². The maximum atomic E-state index is 13.7. The number of carbonyl (C=O) groups excluding carboxylic acids is 1. The van der Waals surface area contributed by atoms with E-state index in [1.165, 1.54) is 0 Å². The molecule has 150 valence electrons. The van der Waals surface area contributed by atoms with E-state index in [0.29, 0.717) is 30.7 Å². The van der Waals surface area contributed by atoms with Crippen molar-refractivity contribution in [3.63, 3.8) is 0 Å². The number of anilines is 1. The predicted molar refractivity (Wildman–Crippen MR) is 99.6 cm³/mol. The third-order valence-electron chi connectivity index (χ3n) is 4.41. The molecule has 0 saturated carbocycles. The number of hydrogen-bond acceptors (Lipinski definition) is 4. The van der Waals surface area contributed by atoms with Crippen LogP contribution >= 0.6 is 0 Å². The normalized spacial score (nSPS) is 17.2. The monoisotopic (exact) mass is 410 g/mol. The first-order chi connectivity index (χ1) is 13.3. The fourth-order valence-electron chi connectivity index (χ4n) is 3.05. The Balaban J connectivity index is 1.65. The van der Waals surface area contributed by atoms with Crippen molar-refractivity contribution in [1.82, 2.24) is 4.72 Å². The molecule has 1 aliphatic heterocycles. The van der Waals surface area contributed by atoms with E-state index < -0.39 is 26.6 Å². The van der Waals surface area contributed by atoms with Crippen LogP contribution in [-0.4, -0.2) is 34.0 Å². The lowest BCUT2D eigenvalue weighted by molar-refractivity contribution is -0.117. The Labute approximate surface area is 162 Å². The van der Waals surface area contributed by atoms with E-state index in [-0.39, 0.29) is 24.8 Å². The molecule has 1 amide bonds. The second kappa shape index (κ2) is 8.24. The van der Waals surface area contributed by atoms with E-state index >= 15 is 0 Å². The van der Waals surface area contributed by atoms with Crippen molar-refractivity contribution in [3.05, 3.63) is 54.1 Å². The van der Waals surface area contributed by atoms with Crippen LogP contribution in [0, 0.1) is 17.6 Å². The van der Waals surface area contributed by atoms with Gasteiger partial charge in [-0.25, -0.2) is 21.9 Å². The maximum absolute atomic E-state index is 13.7. The third-order valence-corrected chi connectivity index (χ3v) is 5.85. The minimum absolute atomic E-state index is 0.0580. The van der Waals surface area contributed by atoms with Gasteiger partial charge in [-0.3, -0.25) is 4.79 Å². The highest BCUT2D eigenvalue weighted by molar-refractivity contribution is 7.89. The molecule has 28 heavy (non-hydrogen) atoms. The zero-order valence-electron chi connectivity index (χ0n) is 15.2. The average molecular weight is 410 g/mol. The summed E-state index contributed by atoms with van der Waals surface area (Å²) < 4.78 is 59.2. The van der Waals surface area contributed by atoms with E-state index in [1.807, 2.05) is 6.92 Å². The SMILES string of the molecule is CCOc1ccc(N2CC(CNS(=O)(=O)c3cc(F)ccc3F)CC2=O)cc1. The summed E-state index contributed by atoms with van der Waals surface area (Å²) in [6.07, 6.45) is 0.154. The molecule has 9 heteroatoms. The standard InChI is InChI=1S/C19H20F2N2O4S/c1-2-27-16-6-4-15(5-7-16)23-12-13(9-19(23)24)11-22-28(25,26)18-10-14(20)3-8-17(18)21/h3-8,10,13,22H,2,9,11-12H2,1H3. The van der Waals surface area contributed by atoms with Gasteiger partial charge >= 0.3 is 0 Å². The lowest BCUT2D eigenvalue weighted by atomic mass is 10.1. The summed E-state index contributed by atoms with van der Waals surface area (Å²) in [6.45, 7) is 2.67. The van der Waals surface area contributed by atoms with Crippen LogP contribution in [0.1, 0.15) is 13.3 Å². The van der Waals surface area contributed by atoms with E-state index in [4.69, 9.17) is 4.74 Å². The maximum Gasteiger partial charge on any atom is 0.243 e. The summed E-state index contributed by atoms with van der Waals surface area (Å²) in [4.78, 5) is 13.1. The summed E-state index contributed by atoms with van der Waals surface area (Å²) in [5, 5.41) is 0. The average Bonchev–Trinajstić information content (AvgIpc) is 3.04. The molecule has 1 N–H and O–H groups in total. The van der Waals surface area contributed by atoms with Crippen LogP contribution in [0.4, 0.5) is 14.5 Å². The number of hydrogen-bond donors (Lipinski definition) is 1. The first-order valence-corrected chi connectivity index (χ1v) is 10.3. The summed E-state index contributed by atoms with van der Waals surface area (Å²) in [6, 6.07) is 9.28. The molecule has 1 aliphatic rings. The number of ether oxygens (including phenoxy) is 1. The van der Waals surface area contributed by atoms with Crippen LogP contribution < -0.4 is 14.4 Å². The number of nitrogens with zero attached hydrogens (tertiary/aromatic N) is 1. The Morgan fingerprint density at radius 2 is 1.89 bits per heavy atom. The topological polar surface area (TPSA) is 75.7 Å². The van der Waals surface area contributed by atoms with Gasteiger partial charge in [0, 0.05) is 25.2 Å². The Morgan fingerprint density at radius 1 is 1.18 bits per heavy atom. The molecule has 0 radical (unpaired) electrons. The zero-order chi connectivity index (χ0) is 20.3. The molecule has 2 aromatic rings. The zero-order valence-corrected chi connectivity index (χ0v) is 16.0. The van der Waals surface area contributed by atoms with Crippen LogP contribution in [0.2, 0.25) is 0 Å². The Bertz CT molecular complexity index is 964. The van der Waals surface area contributed by atoms with Crippen LogP contribution in [0.5, 0.6) is 5.75 Å². The fourth-order valence-corrected chi connectivity index (χ4v) is 4.25. The van der Waals surface area contributed by atoms with Gasteiger partial charge in [0.15, 0.2) is 0 Å². The molecule has 0 aromatic heterocycles. The van der Waals surface area contributed by atoms with Crippen molar-refractivity contribution >= 4 is 21.6 Å². The van der Waals surface area contributed by atoms with Gasteiger partial charge < -0.3 is 9.64 Å². The first-order valence-electron chi connectivity index (χ1n) is 8.78. The number of amides is 1. The Kier molecular flexibility index (Phi) is 5.95. The lowest BCUT2D eigenvalue weighted by Crippen LogP contribution is -2.31. The van der Waals surface area contributed by atoms with Gasteiger partial charge in [0.1, 0.15) is 22.3 Å². The molecule has 1 fully saturated rings. The Morgan fingerprint density at radius 3 is 2.57 bits per heavy atom. The van der Waals surface area contributed by atoms with Gasteiger partial charge in [-0.05, 0) is 55.3 Å². The number of nitrogens with one attached hydrogen (secondary N) is 1. The molecule has 6 nitrogen and oxygen atoms in total. The molecule has 0 bridgehead atoms. The smallest absolute Gasteiger partial charge is 0.243 e. The highest BCUT2D eigenvalue weighted by Gasteiger charge is 2.32. The fraction of sp³-hybridized carbons (Fsp3) is 0.316. The van der Waals surface area contributed by atoms with Gasteiger partial charge in [-0.1, -0.05) is 0 Å². The van der Waals surface area contributed by atoms with Crippen molar-refractivity contribution < 1.29 is 26.7 Å². The van der Waals surface area contributed by atoms with E-state index in [9.17, 15) is 22.0 Å². The molecule has 3 rings (SSSR count). The highest BCUT2D eigenvalue weighted by atomic mass is 32.2. The molecule has 1 atom stereocenters. The van der Waals surface area contributed by atoms with Crippen LogP contribution in [0.3, 0.4) is 0 Å². The molecule has 0 spiro atoms. The van der Waals surface area contributed by atoms with Crippen molar-refractivity contribution in [2.75, 3.05) is 24.6 Å². The molecular formula is C19H20F2N2O4S. The molecule has 0 aliphatic carbocycles. The van der Waals surface area contributed by atoms with Crippen molar-refractivity contribution in [3.8, 4) is 5.75 Å². The summed E-state index contributed by atoms with van der Waals surface area (Å²) in [5.41, 5.74) is 0.690. The van der Waals surface area contributed by atoms with Crippen molar-refractivity contribution in [2.24, 2.45) is 5.92 Å². The van der Waals surface area contributed by atoms with Crippen LogP contribution in [0.25, 0.3) is 0 Å². The van der Waals surface area contributed by atoms with Gasteiger partial charge in [0.05, 0.1) is 6.61 Å². The van der Waals surface area contributed by atoms with E-state index in [2.05, 4.69) is 4.72 Å². The van der Waals surface area contributed by atoms with Crippen LogP contribution in [0.15, 0.2) is 47.4 Å². The number of rotatable bonds is 7. The van der Waals surface area contributed by atoms with Gasteiger partial charge in [0.25, 0.3) is 0 Å². The summed E-state index contributed by atoms with van der Waals surface area (Å²) in [5.74, 6) is -1.61. The second-order valence-corrected chi connectivity index (χ2v) is 8.16. The minimum Gasteiger partial charge on any atom is -0.494 e. The molecule has 2 aromatic carbocycles.